The largest absolute Gasteiger partial charge is 0.489 e. The molecule has 7 nitrogen and oxygen atoms in total. The Labute approximate surface area is 201 Å². The molecule has 0 bridgehead atoms. The Bertz CT molecular complexity index is 1180. The van der Waals surface area contributed by atoms with Crippen molar-refractivity contribution in [1.29, 1.82) is 0 Å². The molecule has 1 fully saturated rings. The van der Waals surface area contributed by atoms with Crippen LogP contribution in [-0.2, 0) is 11.0 Å². The molecule has 186 valence electrons. The fraction of sp³-hybridized carbons (Fsp3) is 0.360. The second-order valence-corrected chi connectivity index (χ2v) is 8.47. The van der Waals surface area contributed by atoms with Crippen LogP contribution in [0.4, 0.5) is 24.5 Å². The third-order valence-corrected chi connectivity index (χ3v) is 5.80. The number of amides is 1. The van der Waals surface area contributed by atoms with E-state index in [-0.39, 0.29) is 12.5 Å². The van der Waals surface area contributed by atoms with Crippen molar-refractivity contribution in [3.63, 3.8) is 0 Å². The number of rotatable bonds is 7. The van der Waals surface area contributed by atoms with Gasteiger partial charge in [-0.25, -0.2) is 4.98 Å². The lowest BCUT2D eigenvalue weighted by Crippen LogP contribution is -2.49. The standard InChI is InChI=1S/C25H27F3N4O3/c1-17(33)29-21-8-4-5-9-23(21)35-16-18(34)15-31-10-12-32(13-11-31)22-14-24(25(26,27)28)30-20-7-3-2-6-19(20)22/h2-9,14,18,34H,10-13,15-16H2,1H3,(H,29,33). The van der Waals surface area contributed by atoms with Gasteiger partial charge in [-0.3, -0.25) is 9.69 Å². The summed E-state index contributed by atoms with van der Waals surface area (Å²) in [4.78, 5) is 19.1. The van der Waals surface area contributed by atoms with Gasteiger partial charge in [-0.1, -0.05) is 30.3 Å². The molecule has 1 unspecified atom stereocenters. The molecule has 35 heavy (non-hydrogen) atoms. The summed E-state index contributed by atoms with van der Waals surface area (Å²) in [5.74, 6) is 0.250. The summed E-state index contributed by atoms with van der Waals surface area (Å²) >= 11 is 0. The number of piperazine rings is 1. The molecule has 0 aliphatic carbocycles. The van der Waals surface area contributed by atoms with Gasteiger partial charge in [-0.15, -0.1) is 0 Å². The predicted molar refractivity (Wildman–Crippen MR) is 128 cm³/mol. The molecule has 1 atom stereocenters. The highest BCUT2D eigenvalue weighted by Gasteiger charge is 2.34. The number of β-amino-alcohol motifs (C(OH)–C–C–N with tert-alkyl or cyclic N) is 1. The van der Waals surface area contributed by atoms with E-state index in [9.17, 15) is 23.1 Å². The van der Waals surface area contributed by atoms with Crippen molar-refractivity contribution in [2.75, 3.05) is 49.5 Å². The molecule has 0 saturated carbocycles. The number of alkyl halides is 3. The second kappa shape index (κ2) is 10.5. The Morgan fingerprint density at radius 2 is 1.80 bits per heavy atom. The number of aromatic nitrogens is 1. The number of benzene rings is 2. The lowest BCUT2D eigenvalue weighted by Gasteiger charge is -2.37. The Hall–Kier alpha value is -3.37. The van der Waals surface area contributed by atoms with Gasteiger partial charge in [0.05, 0.1) is 11.2 Å². The minimum absolute atomic E-state index is 0.0424. The number of aliphatic hydroxyl groups is 1. The van der Waals surface area contributed by atoms with Gasteiger partial charge in [0.2, 0.25) is 5.91 Å². The Morgan fingerprint density at radius 1 is 1.11 bits per heavy atom. The number of carbonyl (C=O) groups is 1. The Morgan fingerprint density at radius 3 is 2.51 bits per heavy atom. The van der Waals surface area contributed by atoms with Gasteiger partial charge < -0.3 is 20.1 Å². The molecule has 1 aliphatic rings. The highest BCUT2D eigenvalue weighted by atomic mass is 19.4. The number of hydrogen-bond donors (Lipinski definition) is 2. The van der Waals surface area contributed by atoms with Gasteiger partial charge in [-0.2, -0.15) is 13.2 Å². The molecule has 0 spiro atoms. The fourth-order valence-electron chi connectivity index (χ4n) is 4.16. The summed E-state index contributed by atoms with van der Waals surface area (Å²) in [7, 11) is 0. The summed E-state index contributed by atoms with van der Waals surface area (Å²) in [5.41, 5.74) is 0.456. The fourth-order valence-corrected chi connectivity index (χ4v) is 4.16. The maximum atomic E-state index is 13.4. The molecule has 3 aromatic rings. The number of carbonyl (C=O) groups excluding carboxylic acids is 1. The molecule has 1 aliphatic heterocycles. The Balaban J connectivity index is 1.36. The zero-order valence-electron chi connectivity index (χ0n) is 19.3. The van der Waals surface area contributed by atoms with Crippen LogP contribution in [0.2, 0.25) is 0 Å². The number of anilines is 2. The molecule has 1 saturated heterocycles. The highest BCUT2D eigenvalue weighted by molar-refractivity contribution is 5.92. The topological polar surface area (TPSA) is 77.9 Å². The van der Waals surface area contributed by atoms with E-state index in [1.807, 2.05) is 4.90 Å². The minimum atomic E-state index is -4.52. The van der Waals surface area contributed by atoms with Crippen LogP contribution in [-0.4, -0.2) is 66.3 Å². The first-order valence-corrected chi connectivity index (χ1v) is 11.3. The van der Waals surface area contributed by atoms with E-state index in [2.05, 4.69) is 15.2 Å². The van der Waals surface area contributed by atoms with Gasteiger partial charge >= 0.3 is 6.18 Å². The lowest BCUT2D eigenvalue weighted by atomic mass is 10.1. The van der Waals surface area contributed by atoms with Crippen LogP contribution < -0.4 is 15.0 Å². The summed E-state index contributed by atoms with van der Waals surface area (Å²) in [6.45, 7) is 4.01. The van der Waals surface area contributed by atoms with Crippen LogP contribution in [0.5, 0.6) is 5.75 Å². The number of nitrogens with zero attached hydrogens (tertiary/aromatic N) is 3. The lowest BCUT2D eigenvalue weighted by molar-refractivity contribution is -0.140. The van der Waals surface area contributed by atoms with Gasteiger partial charge in [0, 0.05) is 50.7 Å². The van der Waals surface area contributed by atoms with Crippen molar-refractivity contribution in [1.82, 2.24) is 9.88 Å². The average molecular weight is 489 g/mol. The molecule has 4 rings (SSSR count). The maximum absolute atomic E-state index is 13.4. The predicted octanol–water partition coefficient (Wildman–Crippen LogP) is 3.77. The van der Waals surface area contributed by atoms with Crippen LogP contribution in [0, 0.1) is 0 Å². The quantitative estimate of drug-likeness (QED) is 0.527. The normalized spacial score (nSPS) is 15.7. The molecule has 10 heteroatoms. The highest BCUT2D eigenvalue weighted by Crippen LogP contribution is 2.35. The van der Waals surface area contributed by atoms with E-state index in [0.29, 0.717) is 60.8 Å². The minimum Gasteiger partial charge on any atom is -0.489 e. The first kappa shape index (κ1) is 24.7. The van der Waals surface area contributed by atoms with Gasteiger partial charge in [0.1, 0.15) is 24.2 Å². The summed E-state index contributed by atoms with van der Waals surface area (Å²) in [6.07, 6.45) is -5.30. The van der Waals surface area contributed by atoms with Gasteiger partial charge in [0.25, 0.3) is 0 Å². The number of fused-ring (bicyclic) bond motifs is 1. The number of halogens is 3. The average Bonchev–Trinajstić information content (AvgIpc) is 2.82. The number of ether oxygens (including phenoxy) is 1. The third kappa shape index (κ3) is 6.20. The summed E-state index contributed by atoms with van der Waals surface area (Å²) < 4.78 is 45.9. The van der Waals surface area contributed by atoms with Crippen LogP contribution in [0.1, 0.15) is 12.6 Å². The van der Waals surface area contributed by atoms with Crippen LogP contribution in [0.15, 0.2) is 54.6 Å². The molecular weight excluding hydrogens is 461 g/mol. The van der Waals surface area contributed by atoms with Crippen molar-refractivity contribution >= 4 is 28.2 Å². The van der Waals surface area contributed by atoms with Gasteiger partial charge in [-0.05, 0) is 24.3 Å². The molecule has 2 N–H and O–H groups in total. The van der Waals surface area contributed by atoms with Crippen LogP contribution in [0.25, 0.3) is 10.9 Å². The summed E-state index contributed by atoms with van der Waals surface area (Å²) in [5, 5.41) is 13.9. The number of pyridine rings is 1. The van der Waals surface area contributed by atoms with Crippen LogP contribution in [0.3, 0.4) is 0 Å². The van der Waals surface area contributed by atoms with E-state index >= 15 is 0 Å². The zero-order valence-corrected chi connectivity index (χ0v) is 19.3. The van der Waals surface area contributed by atoms with E-state index < -0.39 is 18.0 Å². The zero-order chi connectivity index (χ0) is 25.0. The maximum Gasteiger partial charge on any atom is 0.433 e. The van der Waals surface area contributed by atoms with Crippen molar-refractivity contribution in [2.45, 2.75) is 19.2 Å². The molecule has 1 amide bonds. The van der Waals surface area contributed by atoms with Crippen molar-refractivity contribution in [3.8, 4) is 5.75 Å². The molecule has 2 heterocycles. The number of nitrogens with one attached hydrogen (secondary N) is 1. The monoisotopic (exact) mass is 488 g/mol. The van der Waals surface area contributed by atoms with Crippen LogP contribution >= 0.6 is 0 Å². The first-order valence-electron chi connectivity index (χ1n) is 11.3. The van der Waals surface area contributed by atoms with E-state index in [1.165, 1.54) is 6.92 Å². The molecule has 1 aromatic heterocycles. The van der Waals surface area contributed by atoms with Crippen molar-refractivity contribution in [3.05, 3.63) is 60.3 Å². The second-order valence-electron chi connectivity index (χ2n) is 8.47. The SMILES string of the molecule is CC(=O)Nc1ccccc1OCC(O)CN1CCN(c2cc(C(F)(F)F)nc3ccccc23)CC1. The molecule has 0 radical (unpaired) electrons. The summed E-state index contributed by atoms with van der Waals surface area (Å²) in [6, 6.07) is 14.9. The van der Waals surface area contributed by atoms with E-state index in [1.54, 1.807) is 48.5 Å². The number of para-hydroxylation sites is 3. The smallest absolute Gasteiger partial charge is 0.433 e. The molecular formula is C25H27F3N4O3. The van der Waals surface area contributed by atoms with Gasteiger partial charge in [0.15, 0.2) is 0 Å². The van der Waals surface area contributed by atoms with Crippen molar-refractivity contribution in [2.24, 2.45) is 0 Å². The first-order chi connectivity index (χ1) is 16.7. The van der Waals surface area contributed by atoms with E-state index in [4.69, 9.17) is 4.74 Å². The third-order valence-electron chi connectivity index (χ3n) is 5.80. The van der Waals surface area contributed by atoms with Crippen molar-refractivity contribution < 1.29 is 27.8 Å². The number of aliphatic hydroxyl groups excluding tert-OH is 1. The van der Waals surface area contributed by atoms with E-state index in [0.717, 1.165) is 6.07 Å². The molecule has 2 aromatic carbocycles. The number of hydrogen-bond acceptors (Lipinski definition) is 6. The Kier molecular flexibility index (Phi) is 7.42.